The molecule has 1 heterocycles. The molecule has 3 aromatic rings. The Balaban J connectivity index is 2.06. The molecule has 0 saturated heterocycles. The summed E-state index contributed by atoms with van der Waals surface area (Å²) in [4.78, 5) is 12.7. The summed E-state index contributed by atoms with van der Waals surface area (Å²) in [5.41, 5.74) is 5.29. The van der Waals surface area contributed by atoms with Crippen molar-refractivity contribution in [2.45, 2.75) is 20.8 Å². The largest absolute Gasteiger partial charge is 0.493 e. The first-order valence-corrected chi connectivity index (χ1v) is 8.77. The van der Waals surface area contributed by atoms with Crippen LogP contribution in [0.2, 0.25) is 0 Å². The first-order chi connectivity index (χ1) is 13.0. The van der Waals surface area contributed by atoms with E-state index in [1.165, 1.54) is 0 Å². The van der Waals surface area contributed by atoms with E-state index in [2.05, 4.69) is 5.43 Å². The molecule has 2 aromatic carbocycles. The molecule has 0 aliphatic carbocycles. The van der Waals surface area contributed by atoms with Gasteiger partial charge in [0.1, 0.15) is 17.4 Å². The molecule has 0 aliphatic rings. The topological polar surface area (TPSA) is 67.0 Å². The Morgan fingerprint density at radius 2 is 1.85 bits per heavy atom. The van der Waals surface area contributed by atoms with Gasteiger partial charge in [0.2, 0.25) is 0 Å². The highest BCUT2D eigenvalue weighted by Crippen LogP contribution is 2.30. The number of benzene rings is 2. The summed E-state index contributed by atoms with van der Waals surface area (Å²) in [6, 6.07) is 17.5. The number of nitrogens with one attached hydrogen (secondary N) is 1. The molecular formula is C22H21N3O2. The average molecular weight is 359 g/mol. The molecule has 0 radical (unpaired) electrons. The molecule has 5 nitrogen and oxygen atoms in total. The van der Waals surface area contributed by atoms with Crippen LogP contribution >= 0.6 is 0 Å². The van der Waals surface area contributed by atoms with Crippen molar-refractivity contribution in [2.75, 3.05) is 12.0 Å². The van der Waals surface area contributed by atoms with Gasteiger partial charge in [-0.2, -0.15) is 5.26 Å². The van der Waals surface area contributed by atoms with Crippen LogP contribution in [0.25, 0.3) is 16.8 Å². The van der Waals surface area contributed by atoms with E-state index in [4.69, 9.17) is 4.74 Å². The van der Waals surface area contributed by atoms with Gasteiger partial charge in [-0.15, -0.1) is 0 Å². The molecule has 1 N–H and O–H groups in total. The third-order valence-corrected chi connectivity index (χ3v) is 4.37. The van der Waals surface area contributed by atoms with E-state index in [0.717, 1.165) is 27.7 Å². The van der Waals surface area contributed by atoms with Crippen molar-refractivity contribution in [3.63, 3.8) is 0 Å². The first kappa shape index (κ1) is 18.3. The van der Waals surface area contributed by atoms with Gasteiger partial charge in [-0.3, -0.25) is 14.9 Å². The number of aryl methyl sites for hydroxylation is 2. The van der Waals surface area contributed by atoms with E-state index in [-0.39, 0.29) is 5.57 Å². The van der Waals surface area contributed by atoms with Gasteiger partial charge in [0.15, 0.2) is 0 Å². The van der Waals surface area contributed by atoms with Crippen molar-refractivity contribution in [1.29, 1.82) is 5.26 Å². The van der Waals surface area contributed by atoms with Gasteiger partial charge in [0, 0.05) is 17.0 Å². The van der Waals surface area contributed by atoms with Crippen molar-refractivity contribution < 1.29 is 9.53 Å². The van der Waals surface area contributed by atoms with E-state index in [1.54, 1.807) is 10.8 Å². The number of rotatable bonds is 5. The fraction of sp³-hybridized carbons (Fsp3) is 0.182. The number of fused-ring (bicyclic) bond motifs is 1. The quantitative estimate of drug-likeness (QED) is 0.544. The van der Waals surface area contributed by atoms with Crippen LogP contribution in [0.4, 0.5) is 0 Å². The van der Waals surface area contributed by atoms with Gasteiger partial charge in [0.05, 0.1) is 6.61 Å². The summed E-state index contributed by atoms with van der Waals surface area (Å²) in [5, 5.41) is 11.5. The number of aromatic nitrogens is 1. The van der Waals surface area contributed by atoms with Gasteiger partial charge in [0.25, 0.3) is 5.91 Å². The van der Waals surface area contributed by atoms with Crippen LogP contribution in [-0.4, -0.2) is 17.2 Å². The summed E-state index contributed by atoms with van der Waals surface area (Å²) >= 11 is 0. The number of hydrogen-bond acceptors (Lipinski definition) is 3. The zero-order valence-corrected chi connectivity index (χ0v) is 15.6. The highest BCUT2D eigenvalue weighted by atomic mass is 16.5. The van der Waals surface area contributed by atoms with Crippen molar-refractivity contribution in [3.8, 4) is 11.8 Å². The molecular weight excluding hydrogens is 338 g/mol. The number of carbonyl (C=O) groups excluding carboxylic acids is 1. The van der Waals surface area contributed by atoms with Crippen LogP contribution in [0.1, 0.15) is 23.9 Å². The van der Waals surface area contributed by atoms with Crippen LogP contribution in [0, 0.1) is 25.2 Å². The predicted octanol–water partition coefficient (Wildman–Crippen LogP) is 4.33. The fourth-order valence-corrected chi connectivity index (χ4v) is 3.01. The molecule has 1 amide bonds. The second-order valence-corrected chi connectivity index (χ2v) is 6.19. The maximum Gasteiger partial charge on any atom is 0.280 e. The van der Waals surface area contributed by atoms with E-state index in [1.807, 2.05) is 75.4 Å². The molecule has 0 aliphatic heterocycles. The Morgan fingerprint density at radius 1 is 1.15 bits per heavy atom. The lowest BCUT2D eigenvalue weighted by Gasteiger charge is -2.13. The van der Waals surface area contributed by atoms with E-state index >= 15 is 0 Å². The number of amides is 1. The zero-order valence-electron chi connectivity index (χ0n) is 15.6. The lowest BCUT2D eigenvalue weighted by molar-refractivity contribution is -0.113. The molecule has 5 heteroatoms. The van der Waals surface area contributed by atoms with Crippen LogP contribution in [0.15, 0.2) is 54.1 Å². The van der Waals surface area contributed by atoms with Gasteiger partial charge < -0.3 is 4.74 Å². The lowest BCUT2D eigenvalue weighted by atomic mass is 10.0. The third kappa shape index (κ3) is 3.70. The van der Waals surface area contributed by atoms with Crippen LogP contribution in [0.3, 0.4) is 0 Å². The molecule has 27 heavy (non-hydrogen) atoms. The van der Waals surface area contributed by atoms with Crippen LogP contribution in [0.5, 0.6) is 5.75 Å². The maximum atomic E-state index is 12.7. The van der Waals surface area contributed by atoms with Crippen molar-refractivity contribution >= 4 is 22.8 Å². The van der Waals surface area contributed by atoms with E-state index < -0.39 is 5.91 Å². The molecule has 0 fully saturated rings. The van der Waals surface area contributed by atoms with Crippen molar-refractivity contribution in [3.05, 3.63) is 71.1 Å². The average Bonchev–Trinajstić information content (AvgIpc) is 2.99. The molecule has 0 saturated carbocycles. The molecule has 0 atom stereocenters. The maximum absolute atomic E-state index is 12.7. The fourth-order valence-electron chi connectivity index (χ4n) is 3.01. The summed E-state index contributed by atoms with van der Waals surface area (Å²) in [5.74, 6) is 0.181. The molecule has 3 rings (SSSR count). The minimum Gasteiger partial charge on any atom is -0.493 e. The highest BCUT2D eigenvalue weighted by Gasteiger charge is 2.14. The molecule has 0 spiro atoms. The Kier molecular flexibility index (Phi) is 5.28. The minimum atomic E-state index is -0.463. The van der Waals surface area contributed by atoms with Crippen LogP contribution < -0.4 is 10.2 Å². The van der Waals surface area contributed by atoms with Crippen molar-refractivity contribution in [2.24, 2.45) is 0 Å². The van der Waals surface area contributed by atoms with Crippen LogP contribution in [-0.2, 0) is 4.79 Å². The summed E-state index contributed by atoms with van der Waals surface area (Å²) in [6.07, 6.45) is 1.59. The molecule has 136 valence electrons. The standard InChI is InChI=1S/C22H21N3O2/c1-4-27-21-12-11-17-7-5-6-8-19(17)20(21)13-18(14-23)22(26)24-25-15(2)9-10-16(25)3/h5-13H,4H2,1-3H3,(H,24,26)/b18-13+. The number of ether oxygens (including phenoxy) is 1. The predicted molar refractivity (Wildman–Crippen MR) is 107 cm³/mol. The van der Waals surface area contributed by atoms with Gasteiger partial charge in [-0.25, -0.2) is 0 Å². The second-order valence-electron chi connectivity index (χ2n) is 6.19. The lowest BCUT2D eigenvalue weighted by Crippen LogP contribution is -2.25. The zero-order chi connectivity index (χ0) is 19.4. The van der Waals surface area contributed by atoms with Gasteiger partial charge in [-0.05, 0) is 55.8 Å². The number of nitriles is 1. The SMILES string of the molecule is CCOc1ccc2ccccc2c1/C=C(\C#N)C(=O)Nn1c(C)ccc1C. The number of nitrogens with zero attached hydrogens (tertiary/aromatic N) is 2. The Hall–Kier alpha value is -3.52. The van der Waals surface area contributed by atoms with Gasteiger partial charge >= 0.3 is 0 Å². The van der Waals surface area contributed by atoms with E-state index in [0.29, 0.717) is 12.4 Å². The van der Waals surface area contributed by atoms with Gasteiger partial charge in [-0.1, -0.05) is 30.3 Å². The molecule has 1 aromatic heterocycles. The smallest absolute Gasteiger partial charge is 0.280 e. The molecule has 0 unspecified atom stereocenters. The Labute approximate surface area is 158 Å². The summed E-state index contributed by atoms with van der Waals surface area (Å²) in [7, 11) is 0. The number of carbonyl (C=O) groups is 1. The first-order valence-electron chi connectivity index (χ1n) is 8.77. The van der Waals surface area contributed by atoms with Crippen molar-refractivity contribution in [1.82, 2.24) is 4.68 Å². The Bertz CT molecular complexity index is 1050. The second kappa shape index (κ2) is 7.79. The third-order valence-electron chi connectivity index (χ3n) is 4.37. The highest BCUT2D eigenvalue weighted by molar-refractivity contribution is 6.08. The Morgan fingerprint density at radius 3 is 2.52 bits per heavy atom. The molecule has 0 bridgehead atoms. The summed E-state index contributed by atoms with van der Waals surface area (Å²) in [6.45, 7) is 6.18. The normalized spacial score (nSPS) is 11.3. The summed E-state index contributed by atoms with van der Waals surface area (Å²) < 4.78 is 7.39. The van der Waals surface area contributed by atoms with E-state index in [9.17, 15) is 10.1 Å². The minimum absolute atomic E-state index is 0.0137. The number of hydrogen-bond donors (Lipinski definition) is 1. The monoisotopic (exact) mass is 359 g/mol.